The first kappa shape index (κ1) is 11.6. The first-order valence-electron chi connectivity index (χ1n) is 4.82. The van der Waals surface area contributed by atoms with Gasteiger partial charge in [-0.2, -0.15) is 5.26 Å². The molecule has 2 nitrogen and oxygen atoms in total. The summed E-state index contributed by atoms with van der Waals surface area (Å²) in [7, 11) is 0. The molecule has 84 valence electrons. The van der Waals surface area contributed by atoms with Crippen LogP contribution in [0.5, 0.6) is 0 Å². The van der Waals surface area contributed by atoms with Gasteiger partial charge in [-0.15, -0.1) is 0 Å². The Hall–Kier alpha value is -1.86. The van der Waals surface area contributed by atoms with Gasteiger partial charge in [0.2, 0.25) is 0 Å². The highest BCUT2D eigenvalue weighted by Gasteiger charge is 2.04. The van der Waals surface area contributed by atoms with Crippen molar-refractivity contribution < 1.29 is 8.81 Å². The van der Waals surface area contributed by atoms with E-state index >= 15 is 0 Å². The van der Waals surface area contributed by atoms with Crippen LogP contribution in [0, 0.1) is 17.1 Å². The molecule has 0 aliphatic carbocycles. The second-order valence-electron chi connectivity index (χ2n) is 3.32. The zero-order valence-electron chi connectivity index (χ0n) is 8.65. The molecule has 0 saturated carbocycles. The maximum Gasteiger partial charge on any atom is 0.169 e. The lowest BCUT2D eigenvalue weighted by Crippen LogP contribution is -1.83. The molecule has 0 unspecified atom stereocenters. The fraction of sp³-hybridized carbons (Fsp3) is 0. The molecule has 2 aromatic rings. The Labute approximate surface area is 106 Å². The van der Waals surface area contributed by atoms with Crippen LogP contribution in [0.25, 0.3) is 11.6 Å². The van der Waals surface area contributed by atoms with E-state index < -0.39 is 0 Å². The number of rotatable bonds is 2. The van der Waals surface area contributed by atoms with Crippen LogP contribution in [0.1, 0.15) is 11.3 Å². The van der Waals surface area contributed by atoms with Crippen LogP contribution in [0.3, 0.4) is 0 Å². The van der Waals surface area contributed by atoms with Gasteiger partial charge >= 0.3 is 0 Å². The first-order valence-corrected chi connectivity index (χ1v) is 5.61. The maximum atomic E-state index is 13.0. The highest BCUT2D eigenvalue weighted by Crippen LogP contribution is 2.21. The van der Waals surface area contributed by atoms with E-state index in [1.807, 2.05) is 6.07 Å². The van der Waals surface area contributed by atoms with Gasteiger partial charge in [0.1, 0.15) is 11.6 Å². The lowest BCUT2D eigenvalue weighted by atomic mass is 10.1. The summed E-state index contributed by atoms with van der Waals surface area (Å²) >= 11 is 3.17. The third-order valence-electron chi connectivity index (χ3n) is 2.14. The number of allylic oxidation sites excluding steroid dienone is 1. The van der Waals surface area contributed by atoms with E-state index in [0.29, 0.717) is 21.6 Å². The summed E-state index contributed by atoms with van der Waals surface area (Å²) in [6.07, 6.45) is 1.57. The van der Waals surface area contributed by atoms with Gasteiger partial charge in [-0.05, 0) is 51.8 Å². The molecule has 0 fully saturated rings. The van der Waals surface area contributed by atoms with Crippen molar-refractivity contribution in [1.82, 2.24) is 0 Å². The molecule has 2 rings (SSSR count). The van der Waals surface area contributed by atoms with Gasteiger partial charge in [-0.1, -0.05) is 12.1 Å². The van der Waals surface area contributed by atoms with Crippen LogP contribution >= 0.6 is 15.9 Å². The Morgan fingerprint density at radius 1 is 1.35 bits per heavy atom. The predicted molar refractivity (Wildman–Crippen MR) is 66.3 cm³/mol. The molecule has 17 heavy (non-hydrogen) atoms. The molecule has 4 heteroatoms. The van der Waals surface area contributed by atoms with Crippen molar-refractivity contribution in [3.05, 3.63) is 58.2 Å². The van der Waals surface area contributed by atoms with Crippen molar-refractivity contribution >= 4 is 27.6 Å². The van der Waals surface area contributed by atoms with Gasteiger partial charge < -0.3 is 4.42 Å². The maximum absolute atomic E-state index is 13.0. The van der Waals surface area contributed by atoms with Crippen LogP contribution in [0.2, 0.25) is 0 Å². The third-order valence-corrected chi connectivity index (χ3v) is 2.56. The van der Waals surface area contributed by atoms with Crippen LogP contribution in [0.15, 0.2) is 45.5 Å². The molecular weight excluding hydrogens is 285 g/mol. The number of benzene rings is 1. The Morgan fingerprint density at radius 3 is 2.76 bits per heavy atom. The normalized spacial score (nSPS) is 11.2. The minimum absolute atomic E-state index is 0.353. The van der Waals surface area contributed by atoms with E-state index in [-0.39, 0.29) is 5.82 Å². The quantitative estimate of drug-likeness (QED) is 0.776. The molecule has 1 aromatic carbocycles. The van der Waals surface area contributed by atoms with E-state index in [2.05, 4.69) is 15.9 Å². The molecular formula is C13H7BrFNO. The monoisotopic (exact) mass is 291 g/mol. The summed E-state index contributed by atoms with van der Waals surface area (Å²) in [5.74, 6) is 0.168. The summed E-state index contributed by atoms with van der Waals surface area (Å²) in [5.41, 5.74) is 0.881. The minimum Gasteiger partial charge on any atom is -0.450 e. The average Bonchev–Trinajstić information content (AvgIpc) is 2.72. The Kier molecular flexibility index (Phi) is 3.40. The molecule has 0 aliphatic heterocycles. The van der Waals surface area contributed by atoms with E-state index in [1.54, 1.807) is 30.3 Å². The van der Waals surface area contributed by atoms with Crippen molar-refractivity contribution in [2.24, 2.45) is 0 Å². The second kappa shape index (κ2) is 4.98. The molecule has 0 saturated heterocycles. The molecule has 1 heterocycles. The van der Waals surface area contributed by atoms with Crippen molar-refractivity contribution in [2.45, 2.75) is 0 Å². The van der Waals surface area contributed by atoms with Crippen molar-refractivity contribution in [1.29, 1.82) is 5.26 Å². The summed E-state index contributed by atoms with van der Waals surface area (Å²) in [4.78, 5) is 0. The van der Waals surface area contributed by atoms with E-state index in [9.17, 15) is 4.39 Å². The number of furan rings is 1. The fourth-order valence-corrected chi connectivity index (χ4v) is 1.70. The molecule has 0 aliphatic rings. The zero-order chi connectivity index (χ0) is 12.3. The third kappa shape index (κ3) is 2.83. The smallest absolute Gasteiger partial charge is 0.169 e. The van der Waals surface area contributed by atoms with Gasteiger partial charge in [0.25, 0.3) is 0 Å². The van der Waals surface area contributed by atoms with Gasteiger partial charge in [-0.25, -0.2) is 4.39 Å². The molecule has 0 bridgehead atoms. The van der Waals surface area contributed by atoms with E-state index in [0.717, 1.165) is 0 Å². The van der Waals surface area contributed by atoms with Crippen LogP contribution < -0.4 is 0 Å². The van der Waals surface area contributed by atoms with Gasteiger partial charge in [0, 0.05) is 0 Å². The summed E-state index contributed by atoms with van der Waals surface area (Å²) in [6, 6.07) is 11.4. The average molecular weight is 292 g/mol. The van der Waals surface area contributed by atoms with Crippen molar-refractivity contribution in [2.75, 3.05) is 0 Å². The number of nitrogens with zero attached hydrogens (tertiary/aromatic N) is 1. The highest BCUT2D eigenvalue weighted by atomic mass is 79.9. The predicted octanol–water partition coefficient (Wildman–Crippen LogP) is 4.25. The highest BCUT2D eigenvalue weighted by molar-refractivity contribution is 9.10. The Morgan fingerprint density at radius 2 is 2.18 bits per heavy atom. The number of hydrogen-bond donors (Lipinski definition) is 0. The SMILES string of the molecule is N#C/C(=C/c1ccc(Br)o1)c1cccc(F)c1. The Balaban J connectivity index is 2.41. The fourth-order valence-electron chi connectivity index (χ4n) is 1.38. The van der Waals surface area contributed by atoms with Gasteiger partial charge in [-0.3, -0.25) is 0 Å². The second-order valence-corrected chi connectivity index (χ2v) is 4.10. The minimum atomic E-state index is -0.371. The van der Waals surface area contributed by atoms with Crippen molar-refractivity contribution in [3.8, 4) is 6.07 Å². The standard InChI is InChI=1S/C13H7BrFNO/c14-13-5-4-12(17-13)7-10(8-16)9-2-1-3-11(15)6-9/h1-7H/b10-7-. The number of hydrogen-bond acceptors (Lipinski definition) is 2. The summed E-state index contributed by atoms with van der Waals surface area (Å²) < 4.78 is 18.9. The molecule has 0 N–H and O–H groups in total. The molecule has 0 radical (unpaired) electrons. The molecule has 0 amide bonds. The zero-order valence-corrected chi connectivity index (χ0v) is 10.2. The van der Waals surface area contributed by atoms with Gasteiger partial charge in [0.15, 0.2) is 4.67 Å². The Bertz CT molecular complexity index is 610. The topological polar surface area (TPSA) is 36.9 Å². The molecule has 0 atom stereocenters. The van der Waals surface area contributed by atoms with Crippen molar-refractivity contribution in [3.63, 3.8) is 0 Å². The van der Waals surface area contributed by atoms with Crippen LogP contribution in [-0.4, -0.2) is 0 Å². The van der Waals surface area contributed by atoms with Gasteiger partial charge in [0.05, 0.1) is 11.6 Å². The molecule has 1 aromatic heterocycles. The van der Waals surface area contributed by atoms with Crippen LogP contribution in [-0.2, 0) is 0 Å². The summed E-state index contributed by atoms with van der Waals surface area (Å²) in [6.45, 7) is 0. The summed E-state index contributed by atoms with van der Waals surface area (Å²) in [5, 5.41) is 9.04. The van der Waals surface area contributed by atoms with E-state index in [1.165, 1.54) is 12.1 Å². The lowest BCUT2D eigenvalue weighted by molar-refractivity contribution is 0.532. The largest absolute Gasteiger partial charge is 0.450 e. The number of halogens is 2. The number of nitriles is 1. The van der Waals surface area contributed by atoms with Crippen LogP contribution in [0.4, 0.5) is 4.39 Å². The van der Waals surface area contributed by atoms with E-state index in [4.69, 9.17) is 9.68 Å². The first-order chi connectivity index (χ1) is 8.19. The lowest BCUT2D eigenvalue weighted by Gasteiger charge is -1.98. The molecule has 0 spiro atoms.